The lowest BCUT2D eigenvalue weighted by molar-refractivity contribution is -0.140. The summed E-state index contributed by atoms with van der Waals surface area (Å²) in [7, 11) is 0. The number of benzene rings is 1. The summed E-state index contributed by atoms with van der Waals surface area (Å²) in [6.07, 6.45) is 2.03. The SMILES string of the molecule is CCOC(=O)c1c(NC(=O)c2ccccc2)sc2c1CCC/C2=N/OC(C)=O. The van der Waals surface area contributed by atoms with Crippen LogP contribution in [0.25, 0.3) is 0 Å². The number of amides is 1. The molecule has 0 saturated carbocycles. The van der Waals surface area contributed by atoms with Crippen LogP contribution in [-0.4, -0.2) is 30.2 Å². The second-order valence-electron chi connectivity index (χ2n) is 6.13. The molecule has 1 aromatic carbocycles. The summed E-state index contributed by atoms with van der Waals surface area (Å²) < 4.78 is 5.20. The number of ether oxygens (including phenoxy) is 1. The van der Waals surface area contributed by atoms with Crippen molar-refractivity contribution < 1.29 is 24.0 Å². The van der Waals surface area contributed by atoms with Crippen LogP contribution in [0.2, 0.25) is 0 Å². The molecule has 1 aromatic heterocycles. The van der Waals surface area contributed by atoms with Crippen molar-refractivity contribution in [1.29, 1.82) is 0 Å². The Balaban J connectivity index is 2.01. The van der Waals surface area contributed by atoms with Crippen molar-refractivity contribution >= 4 is 39.9 Å². The van der Waals surface area contributed by atoms with Crippen molar-refractivity contribution in [3.05, 3.63) is 51.9 Å². The first-order valence-electron chi connectivity index (χ1n) is 8.95. The minimum atomic E-state index is -0.514. The van der Waals surface area contributed by atoms with E-state index in [1.165, 1.54) is 18.3 Å². The molecule has 0 spiro atoms. The molecule has 1 heterocycles. The maximum atomic E-state index is 12.6. The van der Waals surface area contributed by atoms with Crippen LogP contribution in [0.1, 0.15) is 57.8 Å². The Labute approximate surface area is 166 Å². The van der Waals surface area contributed by atoms with Crippen LogP contribution in [0.4, 0.5) is 5.00 Å². The lowest BCUT2D eigenvalue weighted by Gasteiger charge is -2.14. The molecule has 0 fully saturated rings. The highest BCUT2D eigenvalue weighted by atomic mass is 32.1. The number of fused-ring (bicyclic) bond motifs is 1. The standard InChI is InChI=1S/C20H20N2O5S/c1-3-26-20(25)16-14-10-7-11-15(22-27-12(2)23)17(14)28-19(16)21-18(24)13-8-5-4-6-9-13/h4-6,8-9H,3,7,10-11H2,1-2H3,(H,21,24)/b22-15-. The maximum absolute atomic E-state index is 12.6. The van der Waals surface area contributed by atoms with Gasteiger partial charge in [-0.15, -0.1) is 11.3 Å². The lowest BCUT2D eigenvalue weighted by Crippen LogP contribution is -2.16. The summed E-state index contributed by atoms with van der Waals surface area (Å²) in [5.74, 6) is -1.32. The minimum absolute atomic E-state index is 0.226. The third kappa shape index (κ3) is 4.28. The highest BCUT2D eigenvalue weighted by Gasteiger charge is 2.30. The van der Waals surface area contributed by atoms with Gasteiger partial charge in [-0.25, -0.2) is 9.59 Å². The molecule has 2 aromatic rings. The van der Waals surface area contributed by atoms with Gasteiger partial charge >= 0.3 is 11.9 Å². The third-order valence-electron chi connectivity index (χ3n) is 4.14. The monoisotopic (exact) mass is 400 g/mol. The molecule has 0 unspecified atom stereocenters. The fraction of sp³-hybridized carbons (Fsp3) is 0.300. The molecule has 1 amide bonds. The van der Waals surface area contributed by atoms with E-state index in [0.29, 0.717) is 34.7 Å². The van der Waals surface area contributed by atoms with Crippen LogP contribution < -0.4 is 5.32 Å². The van der Waals surface area contributed by atoms with Crippen molar-refractivity contribution in [2.24, 2.45) is 5.16 Å². The molecular weight excluding hydrogens is 380 g/mol. The molecule has 1 aliphatic rings. The van der Waals surface area contributed by atoms with Gasteiger partial charge in [-0.1, -0.05) is 23.4 Å². The number of anilines is 1. The second kappa shape index (κ2) is 8.79. The molecule has 7 nitrogen and oxygen atoms in total. The summed E-state index contributed by atoms with van der Waals surface area (Å²) in [4.78, 5) is 41.8. The zero-order valence-electron chi connectivity index (χ0n) is 15.6. The van der Waals surface area contributed by atoms with Crippen LogP contribution >= 0.6 is 11.3 Å². The molecule has 1 aliphatic carbocycles. The lowest BCUT2D eigenvalue weighted by atomic mass is 9.94. The van der Waals surface area contributed by atoms with Crippen molar-refractivity contribution in [2.45, 2.75) is 33.1 Å². The van der Waals surface area contributed by atoms with Gasteiger partial charge in [0.25, 0.3) is 5.91 Å². The quantitative estimate of drug-likeness (QED) is 0.468. The van der Waals surface area contributed by atoms with Gasteiger partial charge in [-0.2, -0.15) is 0 Å². The topological polar surface area (TPSA) is 94.1 Å². The molecule has 1 N–H and O–H groups in total. The van der Waals surface area contributed by atoms with Crippen molar-refractivity contribution in [1.82, 2.24) is 0 Å². The Kier molecular flexibility index (Phi) is 6.20. The third-order valence-corrected chi connectivity index (χ3v) is 5.33. The number of rotatable bonds is 5. The van der Waals surface area contributed by atoms with Crippen LogP contribution in [0.15, 0.2) is 35.5 Å². The summed E-state index contributed by atoms with van der Waals surface area (Å²) in [5.41, 5.74) is 2.19. The van der Waals surface area contributed by atoms with Gasteiger partial charge in [0.2, 0.25) is 0 Å². The van der Waals surface area contributed by atoms with Gasteiger partial charge < -0.3 is 14.9 Å². The minimum Gasteiger partial charge on any atom is -0.462 e. The smallest absolute Gasteiger partial charge is 0.341 e. The Morgan fingerprint density at radius 2 is 1.93 bits per heavy atom. The highest BCUT2D eigenvalue weighted by Crippen LogP contribution is 2.39. The fourth-order valence-corrected chi connectivity index (χ4v) is 4.20. The number of hydrogen-bond donors (Lipinski definition) is 1. The van der Waals surface area contributed by atoms with E-state index in [1.54, 1.807) is 31.2 Å². The van der Waals surface area contributed by atoms with Crippen LogP contribution in [0, 0.1) is 0 Å². The number of hydrogen-bond acceptors (Lipinski definition) is 7. The van der Waals surface area contributed by atoms with E-state index in [2.05, 4.69) is 10.5 Å². The normalized spacial score (nSPS) is 14.3. The van der Waals surface area contributed by atoms with E-state index in [9.17, 15) is 14.4 Å². The van der Waals surface area contributed by atoms with Gasteiger partial charge in [0.1, 0.15) is 5.00 Å². The number of nitrogens with zero attached hydrogens (tertiary/aromatic N) is 1. The van der Waals surface area contributed by atoms with Crippen molar-refractivity contribution in [3.63, 3.8) is 0 Å². The van der Waals surface area contributed by atoms with E-state index in [4.69, 9.17) is 9.57 Å². The number of nitrogens with one attached hydrogen (secondary N) is 1. The molecule has 146 valence electrons. The van der Waals surface area contributed by atoms with Gasteiger partial charge in [-0.3, -0.25) is 4.79 Å². The fourth-order valence-electron chi connectivity index (χ4n) is 2.96. The van der Waals surface area contributed by atoms with Crippen LogP contribution in [0.3, 0.4) is 0 Å². The van der Waals surface area contributed by atoms with Crippen LogP contribution in [-0.2, 0) is 20.8 Å². The molecular formula is C20H20N2O5S. The zero-order valence-corrected chi connectivity index (χ0v) is 16.4. The van der Waals surface area contributed by atoms with Gasteiger partial charge in [0.15, 0.2) is 0 Å². The Morgan fingerprint density at radius 3 is 2.61 bits per heavy atom. The summed E-state index contributed by atoms with van der Waals surface area (Å²) >= 11 is 1.24. The van der Waals surface area contributed by atoms with E-state index in [-0.39, 0.29) is 12.5 Å². The number of thiophene rings is 1. The maximum Gasteiger partial charge on any atom is 0.341 e. The highest BCUT2D eigenvalue weighted by molar-refractivity contribution is 7.19. The molecule has 3 rings (SSSR count). The number of esters is 1. The van der Waals surface area contributed by atoms with Crippen LogP contribution in [0.5, 0.6) is 0 Å². The van der Waals surface area contributed by atoms with E-state index in [1.807, 2.05) is 6.07 Å². The number of carbonyl (C=O) groups is 3. The molecule has 0 radical (unpaired) electrons. The average Bonchev–Trinajstić information content (AvgIpc) is 3.05. The van der Waals surface area contributed by atoms with Gasteiger partial charge in [0, 0.05) is 12.5 Å². The second-order valence-corrected chi connectivity index (χ2v) is 7.15. The van der Waals surface area contributed by atoms with Crippen molar-refractivity contribution in [2.75, 3.05) is 11.9 Å². The Hall–Kier alpha value is -3.00. The van der Waals surface area contributed by atoms with Gasteiger partial charge in [0.05, 0.1) is 22.8 Å². The first-order valence-corrected chi connectivity index (χ1v) is 9.77. The molecule has 8 heteroatoms. The first kappa shape index (κ1) is 19.8. The molecule has 0 saturated heterocycles. The molecule has 0 aliphatic heterocycles. The van der Waals surface area contributed by atoms with Crippen molar-refractivity contribution in [3.8, 4) is 0 Å². The first-order chi connectivity index (χ1) is 13.5. The van der Waals surface area contributed by atoms with E-state index < -0.39 is 11.9 Å². The predicted octanol–water partition coefficient (Wildman–Crippen LogP) is 3.78. The number of carbonyl (C=O) groups excluding carboxylic acids is 3. The largest absolute Gasteiger partial charge is 0.462 e. The molecule has 0 atom stereocenters. The Morgan fingerprint density at radius 1 is 1.18 bits per heavy atom. The van der Waals surface area contributed by atoms with E-state index >= 15 is 0 Å². The average molecular weight is 400 g/mol. The van der Waals surface area contributed by atoms with Gasteiger partial charge in [-0.05, 0) is 43.9 Å². The Bertz CT molecular complexity index is 934. The summed E-state index contributed by atoms with van der Waals surface area (Å²) in [5, 5.41) is 7.17. The summed E-state index contributed by atoms with van der Waals surface area (Å²) in [6, 6.07) is 8.75. The van der Waals surface area contributed by atoms with E-state index in [0.717, 1.165) is 16.9 Å². The molecule has 0 bridgehead atoms. The zero-order chi connectivity index (χ0) is 20.1. The predicted molar refractivity (Wildman–Crippen MR) is 106 cm³/mol. The number of oxime groups is 1. The molecule has 28 heavy (non-hydrogen) atoms. The summed E-state index contributed by atoms with van der Waals surface area (Å²) in [6.45, 7) is 3.23.